The molecule has 5 nitrogen and oxygen atoms in total. The van der Waals surface area contributed by atoms with Crippen LogP contribution in [0.25, 0.3) is 0 Å². The van der Waals surface area contributed by atoms with Crippen LogP contribution in [0.15, 0.2) is 84.9 Å². The lowest BCUT2D eigenvalue weighted by molar-refractivity contribution is -0.139. The number of carboxylic acid groups (broad SMARTS) is 1. The first-order valence-electron chi connectivity index (χ1n) is 11.8. The van der Waals surface area contributed by atoms with Gasteiger partial charge in [0, 0.05) is 12.5 Å². The lowest BCUT2D eigenvalue weighted by Crippen LogP contribution is -2.08. The number of alkyl halides is 3. The molecule has 0 aliphatic heterocycles. The van der Waals surface area contributed by atoms with Gasteiger partial charge >= 0.3 is 12.1 Å². The summed E-state index contributed by atoms with van der Waals surface area (Å²) >= 11 is 0. The van der Waals surface area contributed by atoms with Crippen LogP contribution in [0.3, 0.4) is 0 Å². The van der Waals surface area contributed by atoms with Crippen LogP contribution < -0.4 is 14.2 Å². The van der Waals surface area contributed by atoms with E-state index in [1.54, 1.807) is 60.7 Å². The van der Waals surface area contributed by atoms with Crippen LogP contribution >= 0.6 is 0 Å². The van der Waals surface area contributed by atoms with E-state index in [0.717, 1.165) is 22.8 Å². The molecule has 8 heteroatoms. The number of hydrogen-bond donors (Lipinski definition) is 1. The Hall–Kier alpha value is -4.46. The molecule has 0 heterocycles. The lowest BCUT2D eigenvalue weighted by atomic mass is 10.0. The minimum Gasteiger partial charge on any atom is -0.481 e. The smallest absolute Gasteiger partial charge is 0.420 e. The molecule has 4 rings (SSSR count). The van der Waals surface area contributed by atoms with Gasteiger partial charge in [-0.2, -0.15) is 13.2 Å². The average molecular weight is 523 g/mol. The summed E-state index contributed by atoms with van der Waals surface area (Å²) in [4.78, 5) is 10.9. The van der Waals surface area contributed by atoms with E-state index >= 15 is 0 Å². The molecule has 1 N–H and O–H groups in total. The number of benzene rings is 4. The minimum absolute atomic E-state index is 0.0329. The van der Waals surface area contributed by atoms with E-state index in [0.29, 0.717) is 17.9 Å². The van der Waals surface area contributed by atoms with Crippen LogP contribution in [0.5, 0.6) is 34.5 Å². The lowest BCUT2D eigenvalue weighted by Gasteiger charge is -2.18. The number of ether oxygens (including phenoxy) is 3. The molecule has 0 aliphatic rings. The van der Waals surface area contributed by atoms with E-state index in [9.17, 15) is 18.0 Å². The molecule has 0 fully saturated rings. The molecule has 196 valence electrons. The number of hydrogen-bond acceptors (Lipinski definition) is 4. The maximum absolute atomic E-state index is 13.8. The summed E-state index contributed by atoms with van der Waals surface area (Å²) in [7, 11) is 0. The van der Waals surface area contributed by atoms with Gasteiger partial charge in [-0.15, -0.1) is 0 Å². The van der Waals surface area contributed by atoms with Crippen molar-refractivity contribution < 1.29 is 37.3 Å². The van der Waals surface area contributed by atoms with Gasteiger partial charge < -0.3 is 19.3 Å². The third kappa shape index (κ3) is 6.85. The number of rotatable bonds is 9. The maximum Gasteiger partial charge on any atom is 0.420 e. The molecule has 4 aromatic rings. The Labute approximate surface area is 218 Å². The number of aliphatic carboxylic acids is 1. The molecular formula is C30H25F3O5. The van der Waals surface area contributed by atoms with Crippen molar-refractivity contribution in [2.45, 2.75) is 32.9 Å². The third-order valence-electron chi connectivity index (χ3n) is 5.66. The Morgan fingerprint density at radius 2 is 1.47 bits per heavy atom. The van der Waals surface area contributed by atoms with Gasteiger partial charge in [-0.3, -0.25) is 4.79 Å². The standard InChI is InChI=1S/C30H25F3O5/c1-19-15-24(36-23-13-11-21(20(2)17-23)12-14-28(34)35)18-25(16-19)37-27-10-6-9-26(30(31,32)33)29(27)38-22-7-4-3-5-8-22/h3-11,13,15-18H,12,14H2,1-2H3,(H,34,35). The molecule has 0 spiro atoms. The molecule has 0 radical (unpaired) electrons. The molecule has 0 unspecified atom stereocenters. The largest absolute Gasteiger partial charge is 0.481 e. The van der Waals surface area contributed by atoms with Crippen molar-refractivity contribution >= 4 is 5.97 Å². The molecule has 0 bridgehead atoms. The van der Waals surface area contributed by atoms with Crippen LogP contribution in [0.1, 0.15) is 28.7 Å². The molecule has 0 aliphatic carbocycles. The Bertz CT molecular complexity index is 1430. The summed E-state index contributed by atoms with van der Waals surface area (Å²) in [6, 6.07) is 22.2. The Morgan fingerprint density at radius 3 is 2.13 bits per heavy atom. The fourth-order valence-corrected chi connectivity index (χ4v) is 3.88. The van der Waals surface area contributed by atoms with Gasteiger partial charge in [0.25, 0.3) is 0 Å². The van der Waals surface area contributed by atoms with Crippen molar-refractivity contribution in [1.29, 1.82) is 0 Å². The molecule has 0 amide bonds. The van der Waals surface area contributed by atoms with E-state index in [1.807, 2.05) is 19.9 Å². The van der Waals surface area contributed by atoms with E-state index in [2.05, 4.69) is 0 Å². The fourth-order valence-electron chi connectivity index (χ4n) is 3.88. The molecule has 38 heavy (non-hydrogen) atoms. The number of carboxylic acids is 1. The maximum atomic E-state index is 13.8. The number of halogens is 3. The van der Waals surface area contributed by atoms with Crippen LogP contribution in [-0.4, -0.2) is 11.1 Å². The van der Waals surface area contributed by atoms with E-state index in [4.69, 9.17) is 19.3 Å². The zero-order valence-corrected chi connectivity index (χ0v) is 20.7. The third-order valence-corrected chi connectivity index (χ3v) is 5.66. The highest BCUT2D eigenvalue weighted by Crippen LogP contribution is 2.45. The van der Waals surface area contributed by atoms with Gasteiger partial charge in [0.15, 0.2) is 11.5 Å². The highest BCUT2D eigenvalue weighted by molar-refractivity contribution is 5.67. The van der Waals surface area contributed by atoms with E-state index in [-0.39, 0.29) is 23.7 Å². The summed E-state index contributed by atoms with van der Waals surface area (Å²) in [5, 5.41) is 8.92. The summed E-state index contributed by atoms with van der Waals surface area (Å²) in [5.41, 5.74) is 1.61. The Morgan fingerprint density at radius 1 is 0.763 bits per heavy atom. The zero-order chi connectivity index (χ0) is 27.3. The van der Waals surface area contributed by atoms with Crippen LogP contribution in [0, 0.1) is 13.8 Å². The van der Waals surface area contributed by atoms with E-state index < -0.39 is 23.5 Å². The molecule has 4 aromatic carbocycles. The van der Waals surface area contributed by atoms with Gasteiger partial charge in [-0.05, 0) is 85.5 Å². The topological polar surface area (TPSA) is 65.0 Å². The van der Waals surface area contributed by atoms with Gasteiger partial charge in [-0.1, -0.05) is 30.3 Å². The summed E-state index contributed by atoms with van der Waals surface area (Å²) in [5.74, 6) is 0.0636. The second kappa shape index (κ2) is 11.3. The first kappa shape index (κ1) is 26.6. The number of aryl methyl sites for hydroxylation is 3. The first-order chi connectivity index (χ1) is 18.1. The quantitative estimate of drug-likeness (QED) is 0.238. The SMILES string of the molecule is Cc1cc(Oc2ccc(CCC(=O)O)c(C)c2)cc(Oc2cccc(C(F)(F)F)c2Oc2ccccc2)c1. The Balaban J connectivity index is 1.61. The molecule has 0 atom stereocenters. The van der Waals surface area contributed by atoms with Gasteiger partial charge in [-0.25, -0.2) is 0 Å². The summed E-state index contributed by atoms with van der Waals surface area (Å²) in [6.45, 7) is 3.68. The highest BCUT2D eigenvalue weighted by Gasteiger charge is 2.36. The van der Waals surface area contributed by atoms with Crippen LogP contribution in [-0.2, 0) is 17.4 Å². The summed E-state index contributed by atoms with van der Waals surface area (Å²) in [6.07, 6.45) is -4.21. The van der Waals surface area contributed by atoms with Crippen LogP contribution in [0.4, 0.5) is 13.2 Å². The normalized spacial score (nSPS) is 11.2. The first-order valence-corrected chi connectivity index (χ1v) is 11.8. The predicted molar refractivity (Wildman–Crippen MR) is 136 cm³/mol. The van der Waals surface area contributed by atoms with Crippen molar-refractivity contribution in [2.24, 2.45) is 0 Å². The van der Waals surface area contributed by atoms with Crippen molar-refractivity contribution in [3.8, 4) is 34.5 Å². The summed E-state index contributed by atoms with van der Waals surface area (Å²) < 4.78 is 59.0. The van der Waals surface area contributed by atoms with Crippen molar-refractivity contribution in [2.75, 3.05) is 0 Å². The zero-order valence-electron chi connectivity index (χ0n) is 20.7. The van der Waals surface area contributed by atoms with Gasteiger partial charge in [0.05, 0.1) is 0 Å². The second-order valence-corrected chi connectivity index (χ2v) is 8.71. The predicted octanol–water partition coefficient (Wildman–Crippen LogP) is 8.72. The Kier molecular flexibility index (Phi) is 7.90. The minimum atomic E-state index is -4.65. The molecular weight excluding hydrogens is 497 g/mol. The highest BCUT2D eigenvalue weighted by atomic mass is 19.4. The van der Waals surface area contributed by atoms with Gasteiger partial charge in [0.2, 0.25) is 0 Å². The van der Waals surface area contributed by atoms with Crippen molar-refractivity contribution in [1.82, 2.24) is 0 Å². The monoisotopic (exact) mass is 522 g/mol. The van der Waals surface area contributed by atoms with Crippen molar-refractivity contribution in [3.63, 3.8) is 0 Å². The number of carbonyl (C=O) groups is 1. The molecule has 0 saturated heterocycles. The molecule has 0 saturated carbocycles. The van der Waals surface area contributed by atoms with Gasteiger partial charge in [0.1, 0.15) is 28.6 Å². The second-order valence-electron chi connectivity index (χ2n) is 8.71. The van der Waals surface area contributed by atoms with Crippen molar-refractivity contribution in [3.05, 3.63) is 107 Å². The van der Waals surface area contributed by atoms with Crippen LogP contribution in [0.2, 0.25) is 0 Å². The number of para-hydroxylation sites is 2. The van der Waals surface area contributed by atoms with E-state index in [1.165, 1.54) is 12.1 Å². The fraction of sp³-hybridized carbons (Fsp3) is 0.167. The average Bonchev–Trinajstić information content (AvgIpc) is 2.84. The molecule has 0 aromatic heterocycles.